The van der Waals surface area contributed by atoms with Gasteiger partial charge in [0, 0.05) is 19.6 Å². The molecule has 0 radical (unpaired) electrons. The predicted octanol–water partition coefficient (Wildman–Crippen LogP) is 2.86. The Bertz CT molecular complexity index is 181. The first kappa shape index (κ1) is 14.3. The molecule has 0 saturated carbocycles. The maximum atomic E-state index is 11.5. The van der Waals surface area contributed by atoms with Gasteiger partial charge < -0.3 is 10.2 Å². The summed E-state index contributed by atoms with van der Waals surface area (Å²) in [4.78, 5) is 13.3. The minimum absolute atomic E-state index is 0.0638. The van der Waals surface area contributed by atoms with E-state index in [1.807, 2.05) is 13.8 Å². The minimum atomic E-state index is 0.0638. The van der Waals surface area contributed by atoms with E-state index in [2.05, 4.69) is 26.1 Å². The van der Waals surface area contributed by atoms with E-state index < -0.39 is 0 Å². The molecule has 2 amide bonds. The van der Waals surface area contributed by atoms with Gasteiger partial charge in [0.05, 0.1) is 0 Å². The highest BCUT2D eigenvalue weighted by Gasteiger charge is 2.11. The van der Waals surface area contributed by atoms with Gasteiger partial charge in [0.25, 0.3) is 0 Å². The van der Waals surface area contributed by atoms with E-state index in [1.165, 1.54) is 0 Å². The van der Waals surface area contributed by atoms with Crippen LogP contribution < -0.4 is 5.32 Å². The molecule has 0 atom stereocenters. The zero-order valence-corrected chi connectivity index (χ0v) is 10.9. The van der Waals surface area contributed by atoms with Gasteiger partial charge in [0.15, 0.2) is 0 Å². The van der Waals surface area contributed by atoms with Gasteiger partial charge in [-0.15, -0.1) is 0 Å². The maximum absolute atomic E-state index is 11.5. The SMILES string of the molecule is CCN(CC)C(=O)NCCCC(C)(C)C. The Morgan fingerprint density at radius 1 is 1.20 bits per heavy atom. The Kier molecular flexibility index (Phi) is 6.37. The topological polar surface area (TPSA) is 32.3 Å². The standard InChI is InChI=1S/C12H26N2O/c1-6-14(7-2)11(15)13-10-8-9-12(3,4)5/h6-10H2,1-5H3,(H,13,15). The number of urea groups is 1. The molecule has 3 heteroatoms. The monoisotopic (exact) mass is 214 g/mol. The molecule has 0 aliphatic carbocycles. The smallest absolute Gasteiger partial charge is 0.317 e. The second-order valence-electron chi connectivity index (χ2n) is 5.07. The normalized spacial score (nSPS) is 11.3. The third-order valence-electron chi connectivity index (χ3n) is 2.43. The Morgan fingerprint density at radius 2 is 1.73 bits per heavy atom. The fourth-order valence-corrected chi connectivity index (χ4v) is 1.44. The average Bonchev–Trinajstić information content (AvgIpc) is 2.13. The van der Waals surface area contributed by atoms with Gasteiger partial charge in [-0.1, -0.05) is 20.8 Å². The molecular weight excluding hydrogens is 188 g/mol. The van der Waals surface area contributed by atoms with Gasteiger partial charge in [-0.25, -0.2) is 4.79 Å². The molecule has 0 aromatic carbocycles. The lowest BCUT2D eigenvalue weighted by molar-refractivity contribution is 0.202. The lowest BCUT2D eigenvalue weighted by Crippen LogP contribution is -2.40. The van der Waals surface area contributed by atoms with Gasteiger partial charge in [0.2, 0.25) is 0 Å². The van der Waals surface area contributed by atoms with Crippen molar-refractivity contribution < 1.29 is 4.79 Å². The highest BCUT2D eigenvalue weighted by atomic mass is 16.2. The first-order chi connectivity index (χ1) is 6.90. The summed E-state index contributed by atoms with van der Waals surface area (Å²) in [5, 5.41) is 2.94. The van der Waals surface area contributed by atoms with Crippen LogP contribution in [0.5, 0.6) is 0 Å². The summed E-state index contributed by atoms with van der Waals surface area (Å²) in [5.74, 6) is 0. The van der Waals surface area contributed by atoms with Crippen LogP contribution in [-0.2, 0) is 0 Å². The third-order valence-corrected chi connectivity index (χ3v) is 2.43. The summed E-state index contributed by atoms with van der Waals surface area (Å²) in [7, 11) is 0. The molecular formula is C12H26N2O. The van der Waals surface area contributed by atoms with Crippen LogP contribution in [0.2, 0.25) is 0 Å². The van der Waals surface area contributed by atoms with Gasteiger partial charge >= 0.3 is 6.03 Å². The van der Waals surface area contributed by atoms with Crippen LogP contribution in [-0.4, -0.2) is 30.6 Å². The Morgan fingerprint density at radius 3 is 2.13 bits per heavy atom. The molecule has 0 heterocycles. The molecule has 90 valence electrons. The van der Waals surface area contributed by atoms with Crippen LogP contribution in [0, 0.1) is 5.41 Å². The maximum Gasteiger partial charge on any atom is 0.317 e. The number of rotatable bonds is 5. The van der Waals surface area contributed by atoms with Crippen LogP contribution in [0.1, 0.15) is 47.5 Å². The molecule has 0 aliphatic rings. The fourth-order valence-electron chi connectivity index (χ4n) is 1.44. The average molecular weight is 214 g/mol. The van der Waals surface area contributed by atoms with Crippen LogP contribution in [0.3, 0.4) is 0 Å². The summed E-state index contributed by atoms with van der Waals surface area (Å²) in [5.41, 5.74) is 0.361. The van der Waals surface area contributed by atoms with Crippen molar-refractivity contribution in [1.29, 1.82) is 0 Å². The predicted molar refractivity (Wildman–Crippen MR) is 65.0 cm³/mol. The van der Waals surface area contributed by atoms with Crippen LogP contribution >= 0.6 is 0 Å². The Hall–Kier alpha value is -0.730. The minimum Gasteiger partial charge on any atom is -0.338 e. The molecule has 0 aromatic heterocycles. The molecule has 0 unspecified atom stereocenters. The number of hydrogen-bond donors (Lipinski definition) is 1. The van der Waals surface area contributed by atoms with E-state index in [1.54, 1.807) is 4.90 Å². The van der Waals surface area contributed by atoms with Crippen molar-refractivity contribution in [2.45, 2.75) is 47.5 Å². The molecule has 0 rings (SSSR count). The molecule has 0 spiro atoms. The molecule has 0 aliphatic heterocycles. The van der Waals surface area contributed by atoms with Gasteiger partial charge in [-0.3, -0.25) is 0 Å². The molecule has 0 bridgehead atoms. The van der Waals surface area contributed by atoms with E-state index in [4.69, 9.17) is 0 Å². The molecule has 0 fully saturated rings. The number of carbonyl (C=O) groups excluding carboxylic acids is 1. The van der Waals surface area contributed by atoms with Crippen molar-refractivity contribution in [2.75, 3.05) is 19.6 Å². The van der Waals surface area contributed by atoms with Gasteiger partial charge in [-0.05, 0) is 32.1 Å². The van der Waals surface area contributed by atoms with Crippen LogP contribution in [0.25, 0.3) is 0 Å². The van der Waals surface area contributed by atoms with E-state index in [-0.39, 0.29) is 6.03 Å². The number of nitrogens with zero attached hydrogens (tertiary/aromatic N) is 1. The molecule has 1 N–H and O–H groups in total. The first-order valence-corrected chi connectivity index (χ1v) is 5.93. The van der Waals surface area contributed by atoms with Crippen LogP contribution in [0.4, 0.5) is 4.79 Å². The number of amides is 2. The summed E-state index contributed by atoms with van der Waals surface area (Å²) < 4.78 is 0. The Labute approximate surface area is 94.2 Å². The lowest BCUT2D eigenvalue weighted by atomic mass is 9.91. The highest BCUT2D eigenvalue weighted by molar-refractivity contribution is 5.73. The van der Waals surface area contributed by atoms with Crippen molar-refractivity contribution in [2.24, 2.45) is 5.41 Å². The second kappa shape index (κ2) is 6.70. The lowest BCUT2D eigenvalue weighted by Gasteiger charge is -2.21. The van der Waals surface area contributed by atoms with Gasteiger partial charge in [0.1, 0.15) is 0 Å². The molecule has 0 aromatic rings. The largest absolute Gasteiger partial charge is 0.338 e. The quantitative estimate of drug-likeness (QED) is 0.701. The summed E-state index contributed by atoms with van der Waals surface area (Å²) >= 11 is 0. The van der Waals surface area contributed by atoms with Crippen LogP contribution in [0.15, 0.2) is 0 Å². The second-order valence-corrected chi connectivity index (χ2v) is 5.07. The summed E-state index contributed by atoms with van der Waals surface area (Å²) in [6.45, 7) is 13.0. The zero-order valence-electron chi connectivity index (χ0n) is 10.9. The van der Waals surface area contributed by atoms with Crippen molar-refractivity contribution >= 4 is 6.03 Å². The number of carbonyl (C=O) groups is 1. The van der Waals surface area contributed by atoms with Crippen molar-refractivity contribution in [3.05, 3.63) is 0 Å². The third kappa shape index (κ3) is 7.23. The first-order valence-electron chi connectivity index (χ1n) is 5.93. The van der Waals surface area contributed by atoms with Crippen molar-refractivity contribution in [3.8, 4) is 0 Å². The van der Waals surface area contributed by atoms with Gasteiger partial charge in [-0.2, -0.15) is 0 Å². The Balaban J connectivity index is 3.63. The van der Waals surface area contributed by atoms with Crippen molar-refractivity contribution in [1.82, 2.24) is 10.2 Å². The summed E-state index contributed by atoms with van der Waals surface area (Å²) in [6.07, 6.45) is 2.20. The van der Waals surface area contributed by atoms with E-state index in [0.717, 1.165) is 32.5 Å². The highest BCUT2D eigenvalue weighted by Crippen LogP contribution is 2.19. The molecule has 15 heavy (non-hydrogen) atoms. The number of hydrogen-bond acceptors (Lipinski definition) is 1. The summed E-state index contributed by atoms with van der Waals surface area (Å²) in [6, 6.07) is 0.0638. The van der Waals surface area contributed by atoms with E-state index >= 15 is 0 Å². The van der Waals surface area contributed by atoms with E-state index in [9.17, 15) is 4.79 Å². The van der Waals surface area contributed by atoms with Crippen molar-refractivity contribution in [3.63, 3.8) is 0 Å². The molecule has 0 saturated heterocycles. The van der Waals surface area contributed by atoms with E-state index in [0.29, 0.717) is 5.41 Å². The molecule has 3 nitrogen and oxygen atoms in total. The fraction of sp³-hybridized carbons (Fsp3) is 0.917. The zero-order chi connectivity index (χ0) is 11.9. The number of nitrogens with one attached hydrogen (secondary N) is 1.